The van der Waals surface area contributed by atoms with Gasteiger partial charge in [-0.15, -0.1) is 0 Å². The molecule has 2 aliphatic carbocycles. The van der Waals surface area contributed by atoms with E-state index >= 15 is 0 Å². The predicted molar refractivity (Wildman–Crippen MR) is 48.3 cm³/mol. The lowest BCUT2D eigenvalue weighted by molar-refractivity contribution is 0.524. The number of hydrogen-bond donors (Lipinski definition) is 0. The van der Waals surface area contributed by atoms with Crippen LogP contribution in [0.4, 0.5) is 0 Å². The van der Waals surface area contributed by atoms with Gasteiger partial charge in [0.1, 0.15) is 0 Å². The highest BCUT2D eigenvalue weighted by atomic mass is 14.2. The Morgan fingerprint density at radius 2 is 1.64 bits per heavy atom. The van der Waals surface area contributed by atoms with Crippen LogP contribution in [-0.4, -0.2) is 0 Å². The zero-order valence-corrected chi connectivity index (χ0v) is 7.01. The lowest BCUT2D eigenvalue weighted by Crippen LogP contribution is -2.06. The van der Waals surface area contributed by atoms with Gasteiger partial charge in [-0.25, -0.2) is 0 Å². The van der Waals surface area contributed by atoms with Gasteiger partial charge in [-0.1, -0.05) is 42.4 Å². The summed E-state index contributed by atoms with van der Waals surface area (Å²) in [7, 11) is 0. The maximum absolute atomic E-state index is 2.34. The summed E-state index contributed by atoms with van der Waals surface area (Å²) in [5.74, 6) is 0.862. The van der Waals surface area contributed by atoms with Gasteiger partial charge in [-0.05, 0) is 25.2 Å². The normalized spacial score (nSPS) is 24.1. The Kier molecular flexibility index (Phi) is 1.69. The Hall–Kier alpha value is -0.780. The molecule has 0 radical (unpaired) electrons. The highest BCUT2D eigenvalue weighted by Gasteiger charge is 2.16. The molecule has 0 aromatic carbocycles. The van der Waals surface area contributed by atoms with Crippen LogP contribution in [0.2, 0.25) is 0 Å². The molecule has 0 nitrogen and oxygen atoms in total. The molecular weight excluding hydrogens is 132 g/mol. The van der Waals surface area contributed by atoms with Crippen molar-refractivity contribution in [3.8, 4) is 0 Å². The summed E-state index contributed by atoms with van der Waals surface area (Å²) in [5, 5.41) is 0. The van der Waals surface area contributed by atoms with Gasteiger partial charge in [0.25, 0.3) is 0 Å². The molecule has 0 aliphatic heterocycles. The molecule has 0 atom stereocenters. The van der Waals surface area contributed by atoms with Gasteiger partial charge in [0, 0.05) is 0 Å². The van der Waals surface area contributed by atoms with Crippen LogP contribution in [0.5, 0.6) is 0 Å². The Labute approximate surface area is 68.3 Å². The van der Waals surface area contributed by atoms with Crippen molar-refractivity contribution in [1.82, 2.24) is 0 Å². The van der Waals surface area contributed by atoms with Crippen LogP contribution in [0, 0.1) is 5.92 Å². The van der Waals surface area contributed by atoms with Crippen molar-refractivity contribution in [3.05, 3.63) is 35.5 Å². The molecule has 2 bridgehead atoms. The summed E-state index contributed by atoms with van der Waals surface area (Å²) in [6.45, 7) is 2.34. The summed E-state index contributed by atoms with van der Waals surface area (Å²) in [6, 6.07) is 0. The van der Waals surface area contributed by atoms with E-state index in [-0.39, 0.29) is 0 Å². The first-order chi connectivity index (χ1) is 5.34. The maximum atomic E-state index is 2.34. The summed E-state index contributed by atoms with van der Waals surface area (Å²) in [4.78, 5) is 0. The molecule has 58 valence electrons. The molecule has 0 heteroatoms. The standard InChI is InChI=1S/C11H14/c1-9-6-10-4-2-3-5-11(7-9)8-10/h2-5,9H,6-8H2,1H3. The quantitative estimate of drug-likeness (QED) is 0.492. The number of hydrogen-bond acceptors (Lipinski definition) is 0. The lowest BCUT2D eigenvalue weighted by Gasteiger charge is -2.22. The van der Waals surface area contributed by atoms with Crippen LogP contribution in [0.1, 0.15) is 26.2 Å². The van der Waals surface area contributed by atoms with Crippen molar-refractivity contribution in [2.75, 3.05) is 0 Å². The van der Waals surface area contributed by atoms with Crippen LogP contribution < -0.4 is 0 Å². The Morgan fingerprint density at radius 1 is 1.09 bits per heavy atom. The molecule has 0 amide bonds. The van der Waals surface area contributed by atoms with Crippen molar-refractivity contribution in [2.24, 2.45) is 5.92 Å². The predicted octanol–water partition coefficient (Wildman–Crippen LogP) is 3.23. The van der Waals surface area contributed by atoms with E-state index in [4.69, 9.17) is 0 Å². The summed E-state index contributed by atoms with van der Waals surface area (Å²) in [6.07, 6.45) is 12.7. The number of allylic oxidation sites excluding steroid dienone is 6. The first kappa shape index (κ1) is 6.90. The molecule has 1 saturated carbocycles. The minimum Gasteiger partial charge on any atom is -0.0659 e. The second kappa shape index (κ2) is 2.69. The van der Waals surface area contributed by atoms with Crippen molar-refractivity contribution in [3.63, 3.8) is 0 Å². The molecule has 0 aromatic rings. The fraction of sp³-hybridized carbons (Fsp3) is 0.455. The van der Waals surface area contributed by atoms with Crippen LogP contribution in [0.3, 0.4) is 0 Å². The average molecular weight is 146 g/mol. The molecule has 0 N–H and O–H groups in total. The molecule has 0 saturated heterocycles. The third-order valence-corrected chi connectivity index (χ3v) is 2.45. The smallest absolute Gasteiger partial charge is 0.0102 e. The van der Waals surface area contributed by atoms with E-state index in [9.17, 15) is 0 Å². The number of rotatable bonds is 0. The fourth-order valence-electron chi connectivity index (χ4n) is 2.04. The van der Waals surface area contributed by atoms with Crippen molar-refractivity contribution < 1.29 is 0 Å². The minimum absolute atomic E-state index is 0.862. The van der Waals surface area contributed by atoms with Crippen molar-refractivity contribution in [2.45, 2.75) is 26.2 Å². The summed E-state index contributed by atoms with van der Waals surface area (Å²) < 4.78 is 0. The van der Waals surface area contributed by atoms with E-state index in [2.05, 4.69) is 31.2 Å². The van der Waals surface area contributed by atoms with E-state index < -0.39 is 0 Å². The molecule has 0 heterocycles. The Morgan fingerprint density at radius 3 is 2.18 bits per heavy atom. The van der Waals surface area contributed by atoms with Gasteiger partial charge < -0.3 is 0 Å². The van der Waals surface area contributed by atoms with E-state index in [1.807, 2.05) is 0 Å². The molecule has 11 heavy (non-hydrogen) atoms. The van der Waals surface area contributed by atoms with Crippen LogP contribution in [-0.2, 0) is 0 Å². The third-order valence-electron chi connectivity index (χ3n) is 2.45. The van der Waals surface area contributed by atoms with Crippen LogP contribution in [0.25, 0.3) is 0 Å². The van der Waals surface area contributed by atoms with Crippen LogP contribution in [0.15, 0.2) is 35.5 Å². The molecule has 0 spiro atoms. The van der Waals surface area contributed by atoms with Gasteiger partial charge in [0.2, 0.25) is 0 Å². The molecule has 0 unspecified atom stereocenters. The topological polar surface area (TPSA) is 0 Å². The van der Waals surface area contributed by atoms with Crippen LogP contribution >= 0.6 is 0 Å². The maximum Gasteiger partial charge on any atom is -0.0102 e. The van der Waals surface area contributed by atoms with Gasteiger partial charge in [-0.2, -0.15) is 0 Å². The average Bonchev–Trinajstić information content (AvgIpc) is 2.11. The van der Waals surface area contributed by atoms with E-state index in [1.165, 1.54) is 19.3 Å². The third kappa shape index (κ3) is 1.45. The Bertz CT molecular complexity index is 217. The van der Waals surface area contributed by atoms with E-state index in [1.54, 1.807) is 11.1 Å². The first-order valence-electron chi connectivity index (χ1n) is 4.39. The lowest BCUT2D eigenvalue weighted by atomic mass is 9.83. The summed E-state index contributed by atoms with van der Waals surface area (Å²) in [5.41, 5.74) is 3.23. The minimum atomic E-state index is 0.862. The summed E-state index contributed by atoms with van der Waals surface area (Å²) >= 11 is 0. The number of fused-ring (bicyclic) bond motifs is 2. The zero-order valence-electron chi connectivity index (χ0n) is 7.01. The largest absolute Gasteiger partial charge is 0.0659 e. The SMILES string of the molecule is CC1CC2=CC=CC=C(C2)C1. The molecule has 2 aliphatic rings. The second-order valence-electron chi connectivity index (χ2n) is 3.72. The molecule has 2 rings (SSSR count). The van der Waals surface area contributed by atoms with E-state index in [0.29, 0.717) is 0 Å². The fourth-order valence-corrected chi connectivity index (χ4v) is 2.04. The highest BCUT2D eigenvalue weighted by Crippen LogP contribution is 2.33. The van der Waals surface area contributed by atoms with Crippen molar-refractivity contribution >= 4 is 0 Å². The second-order valence-corrected chi connectivity index (χ2v) is 3.72. The molecular formula is C11H14. The Balaban J connectivity index is 2.29. The zero-order chi connectivity index (χ0) is 7.68. The molecule has 0 aromatic heterocycles. The van der Waals surface area contributed by atoms with Crippen molar-refractivity contribution in [1.29, 1.82) is 0 Å². The van der Waals surface area contributed by atoms with Gasteiger partial charge in [-0.3, -0.25) is 0 Å². The highest BCUT2D eigenvalue weighted by molar-refractivity contribution is 5.31. The van der Waals surface area contributed by atoms with Gasteiger partial charge >= 0.3 is 0 Å². The van der Waals surface area contributed by atoms with Gasteiger partial charge in [0.15, 0.2) is 0 Å². The first-order valence-corrected chi connectivity index (χ1v) is 4.39. The van der Waals surface area contributed by atoms with E-state index in [0.717, 1.165) is 5.92 Å². The molecule has 1 fully saturated rings. The monoisotopic (exact) mass is 146 g/mol. The van der Waals surface area contributed by atoms with Gasteiger partial charge in [0.05, 0.1) is 0 Å².